The second-order valence-corrected chi connectivity index (χ2v) is 9.80. The predicted molar refractivity (Wildman–Crippen MR) is 146 cm³/mol. The Bertz CT molecular complexity index is 1340. The standard InChI is InChI=1S/C30H27BrN2O2/c1-4-14-35-30-26(31)16-20(17-28(30)34-3)18-32-22-11-9-21(10-12-22)29-24-7-5-6-23(24)25-15-19(2)8-13-27(25)33-29/h1,5-6,8-13,15-18,23-24,29,33H,7,14H2,2-3H3/t23-,24+,29+/m1/s1. The van der Waals surface area contributed by atoms with E-state index in [1.54, 1.807) is 7.11 Å². The molecule has 3 aromatic rings. The van der Waals surface area contributed by atoms with Crippen LogP contribution in [-0.2, 0) is 0 Å². The highest BCUT2D eigenvalue weighted by Gasteiger charge is 2.37. The normalized spacial score (nSPS) is 20.1. The molecule has 5 rings (SSSR count). The van der Waals surface area contributed by atoms with Crippen LogP contribution in [0, 0.1) is 25.2 Å². The Labute approximate surface area is 215 Å². The monoisotopic (exact) mass is 526 g/mol. The Morgan fingerprint density at radius 2 is 2.00 bits per heavy atom. The number of fused-ring (bicyclic) bond motifs is 3. The molecule has 3 aromatic carbocycles. The van der Waals surface area contributed by atoms with Crippen molar-refractivity contribution < 1.29 is 9.47 Å². The number of hydrogen-bond donors (Lipinski definition) is 1. The molecule has 0 radical (unpaired) electrons. The number of ether oxygens (including phenoxy) is 2. The largest absolute Gasteiger partial charge is 0.493 e. The van der Waals surface area contributed by atoms with E-state index in [0.717, 1.165) is 22.1 Å². The summed E-state index contributed by atoms with van der Waals surface area (Å²) >= 11 is 3.54. The van der Waals surface area contributed by atoms with Gasteiger partial charge in [0.1, 0.15) is 6.61 Å². The average molecular weight is 527 g/mol. The number of halogens is 1. The zero-order chi connectivity index (χ0) is 24.4. The zero-order valence-corrected chi connectivity index (χ0v) is 21.4. The molecule has 0 saturated heterocycles. The van der Waals surface area contributed by atoms with Crippen molar-refractivity contribution >= 4 is 33.5 Å². The van der Waals surface area contributed by atoms with E-state index in [1.165, 1.54) is 22.4 Å². The molecule has 0 unspecified atom stereocenters. The lowest BCUT2D eigenvalue weighted by molar-refractivity contribution is 0.329. The van der Waals surface area contributed by atoms with Gasteiger partial charge in [0.25, 0.3) is 0 Å². The molecule has 3 atom stereocenters. The van der Waals surface area contributed by atoms with Crippen LogP contribution in [0.1, 0.15) is 40.6 Å². The van der Waals surface area contributed by atoms with Crippen LogP contribution in [0.3, 0.4) is 0 Å². The first-order valence-corrected chi connectivity index (χ1v) is 12.5. The lowest BCUT2D eigenvalue weighted by Crippen LogP contribution is -2.29. The molecule has 5 heteroatoms. The molecular formula is C30H27BrN2O2. The second kappa shape index (κ2) is 10.0. The third-order valence-corrected chi connectivity index (χ3v) is 7.27. The van der Waals surface area contributed by atoms with Crippen LogP contribution in [0.25, 0.3) is 0 Å². The van der Waals surface area contributed by atoms with Gasteiger partial charge in [-0.3, -0.25) is 4.99 Å². The van der Waals surface area contributed by atoms with E-state index in [-0.39, 0.29) is 12.6 Å². The number of anilines is 1. The number of methoxy groups -OCH3 is 1. The highest BCUT2D eigenvalue weighted by Crippen LogP contribution is 2.50. The molecule has 176 valence electrons. The zero-order valence-electron chi connectivity index (χ0n) is 19.8. The van der Waals surface area contributed by atoms with Gasteiger partial charge in [-0.15, -0.1) is 6.42 Å². The molecule has 0 spiro atoms. The average Bonchev–Trinajstić information content (AvgIpc) is 3.37. The number of nitrogens with one attached hydrogen (secondary N) is 1. The minimum atomic E-state index is 0.174. The van der Waals surface area contributed by atoms with Gasteiger partial charge in [0.2, 0.25) is 0 Å². The van der Waals surface area contributed by atoms with Gasteiger partial charge in [-0.2, -0.15) is 0 Å². The topological polar surface area (TPSA) is 42.8 Å². The van der Waals surface area contributed by atoms with Crippen LogP contribution < -0.4 is 14.8 Å². The smallest absolute Gasteiger partial charge is 0.176 e. The minimum absolute atomic E-state index is 0.174. The highest BCUT2D eigenvalue weighted by atomic mass is 79.9. The van der Waals surface area contributed by atoms with Crippen LogP contribution in [0.2, 0.25) is 0 Å². The Morgan fingerprint density at radius 3 is 2.77 bits per heavy atom. The maximum atomic E-state index is 5.59. The molecule has 1 aliphatic heterocycles. The maximum Gasteiger partial charge on any atom is 0.176 e. The van der Waals surface area contributed by atoms with Gasteiger partial charge < -0.3 is 14.8 Å². The third kappa shape index (κ3) is 4.72. The molecule has 1 aliphatic carbocycles. The summed E-state index contributed by atoms with van der Waals surface area (Å²) in [4.78, 5) is 4.68. The van der Waals surface area contributed by atoms with Crippen molar-refractivity contribution in [2.24, 2.45) is 10.9 Å². The van der Waals surface area contributed by atoms with Crippen molar-refractivity contribution in [3.05, 3.63) is 93.5 Å². The molecule has 35 heavy (non-hydrogen) atoms. The first-order valence-electron chi connectivity index (χ1n) is 11.7. The highest BCUT2D eigenvalue weighted by molar-refractivity contribution is 9.10. The van der Waals surface area contributed by atoms with E-state index in [1.807, 2.05) is 18.3 Å². The summed E-state index contributed by atoms with van der Waals surface area (Å²) in [5, 5.41) is 3.81. The van der Waals surface area contributed by atoms with E-state index in [2.05, 4.69) is 93.7 Å². The molecule has 0 saturated carbocycles. The first kappa shape index (κ1) is 23.3. The van der Waals surface area contributed by atoms with Gasteiger partial charge in [0.15, 0.2) is 11.5 Å². The Morgan fingerprint density at radius 1 is 1.17 bits per heavy atom. The van der Waals surface area contributed by atoms with Gasteiger partial charge in [-0.1, -0.05) is 47.9 Å². The predicted octanol–water partition coefficient (Wildman–Crippen LogP) is 7.36. The fourth-order valence-electron chi connectivity index (χ4n) is 5.03. The summed E-state index contributed by atoms with van der Waals surface area (Å²) in [6.45, 7) is 2.34. The third-order valence-electron chi connectivity index (χ3n) is 6.68. The van der Waals surface area contributed by atoms with Gasteiger partial charge in [0.05, 0.1) is 23.3 Å². The molecule has 0 amide bonds. The number of terminal acetylenes is 1. The van der Waals surface area contributed by atoms with Gasteiger partial charge in [-0.05, 0) is 82.2 Å². The molecule has 4 nitrogen and oxygen atoms in total. The van der Waals surface area contributed by atoms with Crippen molar-refractivity contribution in [1.29, 1.82) is 0 Å². The van der Waals surface area contributed by atoms with Gasteiger partial charge in [-0.25, -0.2) is 0 Å². The fourth-order valence-corrected chi connectivity index (χ4v) is 5.60. The summed E-state index contributed by atoms with van der Waals surface area (Å²) in [6.07, 6.45) is 12.9. The van der Waals surface area contributed by atoms with Crippen molar-refractivity contribution in [2.75, 3.05) is 19.0 Å². The van der Waals surface area contributed by atoms with E-state index >= 15 is 0 Å². The summed E-state index contributed by atoms with van der Waals surface area (Å²) in [5.74, 6) is 4.65. The van der Waals surface area contributed by atoms with E-state index < -0.39 is 0 Å². The quantitative estimate of drug-likeness (QED) is 0.207. The number of allylic oxidation sites excluding steroid dienone is 2. The molecule has 1 N–H and O–H groups in total. The molecule has 0 aromatic heterocycles. The molecular weight excluding hydrogens is 500 g/mol. The van der Waals surface area contributed by atoms with Crippen molar-refractivity contribution in [2.45, 2.75) is 25.3 Å². The summed E-state index contributed by atoms with van der Waals surface area (Å²) < 4.78 is 11.8. The minimum Gasteiger partial charge on any atom is -0.493 e. The van der Waals surface area contributed by atoms with Crippen LogP contribution in [0.5, 0.6) is 11.5 Å². The van der Waals surface area contributed by atoms with Crippen LogP contribution in [0.4, 0.5) is 11.4 Å². The summed E-state index contributed by atoms with van der Waals surface area (Å²) in [6, 6.07) is 19.3. The number of hydrogen-bond acceptors (Lipinski definition) is 4. The molecule has 1 heterocycles. The second-order valence-electron chi connectivity index (χ2n) is 8.94. The van der Waals surface area contributed by atoms with Crippen molar-refractivity contribution in [3.8, 4) is 23.8 Å². The Balaban J connectivity index is 1.35. The van der Waals surface area contributed by atoms with Gasteiger partial charge >= 0.3 is 0 Å². The maximum absolute atomic E-state index is 5.59. The first-order chi connectivity index (χ1) is 17.1. The van der Waals surface area contributed by atoms with Crippen molar-refractivity contribution in [3.63, 3.8) is 0 Å². The molecule has 0 bridgehead atoms. The summed E-state index contributed by atoms with van der Waals surface area (Å²) in [7, 11) is 1.60. The number of aryl methyl sites for hydroxylation is 1. The lowest BCUT2D eigenvalue weighted by atomic mass is 9.76. The van der Waals surface area contributed by atoms with Crippen LogP contribution >= 0.6 is 15.9 Å². The fraction of sp³-hybridized carbons (Fsp3) is 0.233. The number of nitrogens with zero attached hydrogens (tertiary/aromatic N) is 1. The van der Waals surface area contributed by atoms with E-state index in [9.17, 15) is 0 Å². The number of benzene rings is 3. The van der Waals surface area contributed by atoms with Crippen LogP contribution in [0.15, 0.2) is 76.2 Å². The van der Waals surface area contributed by atoms with Crippen molar-refractivity contribution in [1.82, 2.24) is 0 Å². The van der Waals surface area contributed by atoms with Gasteiger partial charge in [0, 0.05) is 17.8 Å². The SMILES string of the molecule is C#CCOc1c(Br)cc(C=Nc2ccc([C@@H]3Nc4ccc(C)cc4[C@@H]4C=CC[C@@H]43)cc2)cc1OC. The molecule has 0 fully saturated rings. The van der Waals surface area contributed by atoms with E-state index in [4.69, 9.17) is 15.9 Å². The number of rotatable bonds is 6. The number of aliphatic imine (C=N–C) groups is 1. The Hall–Kier alpha value is -3.49. The molecule has 2 aliphatic rings. The lowest BCUT2D eigenvalue weighted by Gasteiger charge is -2.37. The van der Waals surface area contributed by atoms with E-state index in [0.29, 0.717) is 23.3 Å². The van der Waals surface area contributed by atoms with Crippen LogP contribution in [-0.4, -0.2) is 19.9 Å². The Kier molecular flexibility index (Phi) is 6.66. The summed E-state index contributed by atoms with van der Waals surface area (Å²) in [5.41, 5.74) is 7.04.